The number of pyridine rings is 2. The molecule has 1 aliphatic rings. The second-order valence-electron chi connectivity index (χ2n) is 5.84. The van der Waals surface area contributed by atoms with Crippen LogP contribution in [-0.4, -0.2) is 59.5 Å². The van der Waals surface area contributed by atoms with Crippen molar-refractivity contribution in [3.63, 3.8) is 0 Å². The molecule has 1 saturated heterocycles. The zero-order valence-corrected chi connectivity index (χ0v) is 14.5. The van der Waals surface area contributed by atoms with Crippen molar-refractivity contribution in [1.29, 1.82) is 0 Å². The van der Waals surface area contributed by atoms with Crippen LogP contribution in [0.25, 0.3) is 0 Å². The lowest BCUT2D eigenvalue weighted by Gasteiger charge is -2.35. The number of hydrogen-bond donors (Lipinski definition) is 2. The summed E-state index contributed by atoms with van der Waals surface area (Å²) >= 11 is 0. The van der Waals surface area contributed by atoms with Gasteiger partial charge in [0.1, 0.15) is 6.04 Å². The van der Waals surface area contributed by atoms with Gasteiger partial charge >= 0.3 is 0 Å². The van der Waals surface area contributed by atoms with Crippen molar-refractivity contribution in [2.45, 2.75) is 12.6 Å². The summed E-state index contributed by atoms with van der Waals surface area (Å²) in [6, 6.07) is 8.14. The van der Waals surface area contributed by atoms with Crippen LogP contribution in [0.3, 0.4) is 0 Å². The highest BCUT2D eigenvalue weighted by Crippen LogP contribution is 2.14. The molecule has 8 heteroatoms. The Morgan fingerprint density at radius 2 is 2.19 bits per heavy atom. The first kappa shape index (κ1) is 17.8. The highest BCUT2D eigenvalue weighted by molar-refractivity contribution is 5.98. The molecule has 8 nitrogen and oxygen atoms in total. The molecular formula is C18H21N5O3. The molecule has 0 aromatic carbocycles. The lowest BCUT2D eigenvalue weighted by atomic mass is 10.1. The highest BCUT2D eigenvalue weighted by Gasteiger charge is 2.32. The quantitative estimate of drug-likeness (QED) is 0.796. The topological polar surface area (TPSA) is 96.5 Å². The second-order valence-corrected chi connectivity index (χ2v) is 5.84. The maximum absolute atomic E-state index is 12.9. The first-order chi connectivity index (χ1) is 12.7. The number of carbonyl (C=O) groups is 2. The first-order valence-corrected chi connectivity index (χ1v) is 8.38. The summed E-state index contributed by atoms with van der Waals surface area (Å²) in [5.41, 5.74) is 1.21. The molecular weight excluding hydrogens is 334 g/mol. The monoisotopic (exact) mass is 355 g/mol. The first-order valence-electron chi connectivity index (χ1n) is 8.38. The summed E-state index contributed by atoms with van der Waals surface area (Å²) in [4.78, 5) is 35.3. The van der Waals surface area contributed by atoms with Gasteiger partial charge in [0.2, 0.25) is 11.8 Å². The van der Waals surface area contributed by atoms with Gasteiger partial charge in [-0.25, -0.2) is 4.98 Å². The average Bonchev–Trinajstić information content (AvgIpc) is 2.72. The molecule has 2 N–H and O–H groups in total. The van der Waals surface area contributed by atoms with Crippen LogP contribution in [0.15, 0.2) is 42.7 Å². The fourth-order valence-electron chi connectivity index (χ4n) is 2.80. The minimum Gasteiger partial charge on any atom is -0.481 e. The van der Waals surface area contributed by atoms with E-state index in [1.165, 1.54) is 13.3 Å². The third kappa shape index (κ3) is 4.15. The molecule has 136 valence electrons. The van der Waals surface area contributed by atoms with E-state index >= 15 is 0 Å². The molecule has 1 fully saturated rings. The molecule has 0 spiro atoms. The van der Waals surface area contributed by atoms with E-state index in [9.17, 15) is 9.59 Å². The molecule has 26 heavy (non-hydrogen) atoms. The molecule has 1 atom stereocenters. The van der Waals surface area contributed by atoms with Gasteiger partial charge in [-0.2, -0.15) is 0 Å². The number of amides is 2. The van der Waals surface area contributed by atoms with Crippen LogP contribution in [0, 0.1) is 0 Å². The van der Waals surface area contributed by atoms with Crippen molar-refractivity contribution in [3.05, 3.63) is 54.0 Å². The SMILES string of the molecule is COc1cc(C(=O)N2CCNCC2C(=O)NCc2ccccn2)ccn1. The fourth-order valence-corrected chi connectivity index (χ4v) is 2.80. The summed E-state index contributed by atoms with van der Waals surface area (Å²) in [5, 5.41) is 6.02. The van der Waals surface area contributed by atoms with Gasteiger partial charge in [0.05, 0.1) is 19.3 Å². The number of piperazine rings is 1. The van der Waals surface area contributed by atoms with Crippen molar-refractivity contribution in [3.8, 4) is 5.88 Å². The Balaban J connectivity index is 1.70. The largest absolute Gasteiger partial charge is 0.481 e. The standard InChI is InChI=1S/C18H21N5O3/c1-26-16-10-13(5-7-21-16)18(25)23-9-8-19-12-15(23)17(24)22-11-14-4-2-3-6-20-14/h2-7,10,15,19H,8-9,11-12H2,1H3,(H,22,24). The van der Waals surface area contributed by atoms with Gasteiger partial charge in [-0.05, 0) is 18.2 Å². The Bertz CT molecular complexity index is 768. The smallest absolute Gasteiger partial charge is 0.254 e. The third-order valence-corrected chi connectivity index (χ3v) is 4.17. The summed E-state index contributed by atoms with van der Waals surface area (Å²) in [7, 11) is 1.50. The van der Waals surface area contributed by atoms with Gasteiger partial charge in [0.15, 0.2) is 0 Å². The Labute approximate surface area is 151 Å². The number of nitrogens with one attached hydrogen (secondary N) is 2. The van der Waals surface area contributed by atoms with Gasteiger partial charge < -0.3 is 20.3 Å². The van der Waals surface area contributed by atoms with E-state index in [1.807, 2.05) is 18.2 Å². The second kappa shape index (κ2) is 8.39. The molecule has 3 rings (SSSR count). The van der Waals surface area contributed by atoms with E-state index < -0.39 is 6.04 Å². The van der Waals surface area contributed by atoms with Crippen LogP contribution in [0.1, 0.15) is 16.1 Å². The summed E-state index contributed by atoms with van der Waals surface area (Å²) < 4.78 is 5.07. The lowest BCUT2D eigenvalue weighted by Crippen LogP contribution is -2.59. The molecule has 2 aromatic rings. The van der Waals surface area contributed by atoms with Gasteiger partial charge in [-0.1, -0.05) is 6.07 Å². The molecule has 1 unspecified atom stereocenters. The van der Waals surface area contributed by atoms with E-state index in [-0.39, 0.29) is 11.8 Å². The van der Waals surface area contributed by atoms with E-state index in [0.29, 0.717) is 37.6 Å². The van der Waals surface area contributed by atoms with E-state index in [2.05, 4.69) is 20.6 Å². The number of carbonyl (C=O) groups excluding carboxylic acids is 2. The van der Waals surface area contributed by atoms with Crippen molar-refractivity contribution in [1.82, 2.24) is 25.5 Å². The van der Waals surface area contributed by atoms with Gasteiger partial charge in [-0.3, -0.25) is 14.6 Å². The van der Waals surface area contributed by atoms with Crippen LogP contribution < -0.4 is 15.4 Å². The fraction of sp³-hybridized carbons (Fsp3) is 0.333. The Kier molecular flexibility index (Phi) is 5.75. The van der Waals surface area contributed by atoms with Gasteiger partial charge in [0, 0.05) is 43.7 Å². The molecule has 0 bridgehead atoms. The van der Waals surface area contributed by atoms with Crippen LogP contribution in [-0.2, 0) is 11.3 Å². The lowest BCUT2D eigenvalue weighted by molar-refractivity contribution is -0.126. The molecule has 2 amide bonds. The zero-order chi connectivity index (χ0) is 18.4. The number of nitrogens with zero attached hydrogens (tertiary/aromatic N) is 3. The number of ether oxygens (including phenoxy) is 1. The highest BCUT2D eigenvalue weighted by atomic mass is 16.5. The number of aromatic nitrogens is 2. The average molecular weight is 355 g/mol. The molecule has 0 aliphatic carbocycles. The minimum atomic E-state index is -0.584. The predicted molar refractivity (Wildman–Crippen MR) is 94.6 cm³/mol. The van der Waals surface area contributed by atoms with Gasteiger partial charge in [-0.15, -0.1) is 0 Å². The van der Waals surface area contributed by atoms with Gasteiger partial charge in [0.25, 0.3) is 5.91 Å². The number of methoxy groups -OCH3 is 1. The molecule has 2 aromatic heterocycles. The zero-order valence-electron chi connectivity index (χ0n) is 14.5. The Morgan fingerprint density at radius 1 is 1.31 bits per heavy atom. The van der Waals surface area contributed by atoms with Crippen molar-refractivity contribution in [2.75, 3.05) is 26.7 Å². The third-order valence-electron chi connectivity index (χ3n) is 4.17. The minimum absolute atomic E-state index is 0.211. The maximum atomic E-state index is 12.9. The Hall–Kier alpha value is -3.00. The maximum Gasteiger partial charge on any atom is 0.254 e. The van der Waals surface area contributed by atoms with E-state index in [0.717, 1.165) is 5.69 Å². The van der Waals surface area contributed by atoms with Crippen LogP contribution in [0.5, 0.6) is 5.88 Å². The molecule has 1 aliphatic heterocycles. The summed E-state index contributed by atoms with van der Waals surface area (Å²) in [5.74, 6) is -0.0652. The van der Waals surface area contributed by atoms with Crippen LogP contribution in [0.4, 0.5) is 0 Å². The molecule has 0 saturated carbocycles. The number of hydrogen-bond acceptors (Lipinski definition) is 6. The predicted octanol–water partition coefficient (Wildman–Crippen LogP) is 0.216. The van der Waals surface area contributed by atoms with Crippen molar-refractivity contribution >= 4 is 11.8 Å². The molecule has 0 radical (unpaired) electrons. The normalized spacial score (nSPS) is 16.8. The van der Waals surface area contributed by atoms with Crippen molar-refractivity contribution < 1.29 is 14.3 Å². The summed E-state index contributed by atoms with van der Waals surface area (Å²) in [6.07, 6.45) is 3.20. The number of rotatable bonds is 5. The Morgan fingerprint density at radius 3 is 2.96 bits per heavy atom. The summed E-state index contributed by atoms with van der Waals surface area (Å²) in [6.45, 7) is 1.81. The van der Waals surface area contributed by atoms with Crippen molar-refractivity contribution in [2.24, 2.45) is 0 Å². The van der Waals surface area contributed by atoms with Crippen LogP contribution in [0.2, 0.25) is 0 Å². The van der Waals surface area contributed by atoms with Crippen LogP contribution >= 0.6 is 0 Å². The molecule has 3 heterocycles. The van der Waals surface area contributed by atoms with E-state index in [1.54, 1.807) is 23.2 Å². The van der Waals surface area contributed by atoms with E-state index in [4.69, 9.17) is 4.74 Å².